The fourth-order valence-electron chi connectivity index (χ4n) is 2.16. The quantitative estimate of drug-likeness (QED) is 0.843. The van der Waals surface area contributed by atoms with Crippen LogP contribution in [0.25, 0.3) is 0 Å². The number of carbonyl (C=O) groups is 1. The zero-order chi connectivity index (χ0) is 16.8. The number of hydrogen-bond acceptors (Lipinski definition) is 3. The van der Waals surface area contributed by atoms with Crippen molar-refractivity contribution >= 4 is 11.7 Å². The molecular formula is C18H22N2O3. The zero-order valence-corrected chi connectivity index (χ0v) is 13.9. The third-order valence-corrected chi connectivity index (χ3v) is 3.47. The summed E-state index contributed by atoms with van der Waals surface area (Å²) in [4.78, 5) is 18.2. The van der Waals surface area contributed by atoms with Crippen molar-refractivity contribution in [1.29, 1.82) is 0 Å². The number of benzene rings is 2. The first-order valence-electron chi connectivity index (χ1n) is 7.52. The number of rotatable bonds is 5. The van der Waals surface area contributed by atoms with Gasteiger partial charge >= 0.3 is 6.03 Å². The van der Waals surface area contributed by atoms with Crippen molar-refractivity contribution in [3.05, 3.63) is 53.6 Å². The zero-order valence-electron chi connectivity index (χ0n) is 13.9. The van der Waals surface area contributed by atoms with Gasteiger partial charge in [-0.15, -0.1) is 0 Å². The van der Waals surface area contributed by atoms with Crippen molar-refractivity contribution in [2.24, 2.45) is 0 Å². The van der Waals surface area contributed by atoms with Crippen LogP contribution in [0.4, 0.5) is 10.5 Å². The van der Waals surface area contributed by atoms with Crippen LogP contribution in [0.5, 0.6) is 11.5 Å². The van der Waals surface area contributed by atoms with E-state index in [-0.39, 0.29) is 6.03 Å². The first-order chi connectivity index (χ1) is 11.0. The van der Waals surface area contributed by atoms with E-state index in [1.807, 2.05) is 39.0 Å². The van der Waals surface area contributed by atoms with E-state index < -0.39 is 0 Å². The molecule has 0 bridgehead atoms. The minimum atomic E-state index is -0.319. The van der Waals surface area contributed by atoms with Crippen LogP contribution >= 0.6 is 0 Å². The average Bonchev–Trinajstić information content (AvgIpc) is 2.55. The molecule has 122 valence electrons. The molecule has 0 radical (unpaired) electrons. The van der Waals surface area contributed by atoms with Gasteiger partial charge < -0.3 is 14.9 Å². The highest BCUT2D eigenvalue weighted by atomic mass is 16.7. The van der Waals surface area contributed by atoms with Crippen LogP contribution < -0.4 is 14.9 Å². The summed E-state index contributed by atoms with van der Waals surface area (Å²) in [6.45, 7) is 6.20. The standard InChI is InChI=1S/C18H22N2O3/c1-5-20(23-17-13(2)7-6-8-14(17)3)18(21)19-15-9-11-16(22-4)12-10-15/h6-12H,5H2,1-4H3,(H,19,21). The summed E-state index contributed by atoms with van der Waals surface area (Å²) in [5.41, 5.74) is 2.65. The lowest BCUT2D eigenvalue weighted by atomic mass is 10.1. The number of anilines is 1. The normalized spacial score (nSPS) is 10.1. The Morgan fingerprint density at radius 1 is 1.09 bits per heavy atom. The van der Waals surface area contributed by atoms with Gasteiger partial charge in [0.05, 0.1) is 13.7 Å². The first-order valence-corrected chi connectivity index (χ1v) is 7.52. The maximum Gasteiger partial charge on any atom is 0.354 e. The van der Waals surface area contributed by atoms with Gasteiger partial charge in [-0.1, -0.05) is 18.2 Å². The fraction of sp³-hybridized carbons (Fsp3) is 0.278. The molecule has 2 amide bonds. The van der Waals surface area contributed by atoms with Gasteiger partial charge in [-0.2, -0.15) is 5.06 Å². The predicted molar refractivity (Wildman–Crippen MR) is 90.9 cm³/mol. The Morgan fingerprint density at radius 2 is 1.70 bits per heavy atom. The minimum absolute atomic E-state index is 0.319. The Morgan fingerprint density at radius 3 is 2.22 bits per heavy atom. The second-order valence-corrected chi connectivity index (χ2v) is 5.17. The van der Waals surface area contributed by atoms with E-state index in [1.165, 1.54) is 5.06 Å². The summed E-state index contributed by atoms with van der Waals surface area (Å²) in [6.07, 6.45) is 0. The molecule has 2 aromatic rings. The van der Waals surface area contributed by atoms with Crippen LogP contribution in [0.15, 0.2) is 42.5 Å². The van der Waals surface area contributed by atoms with Gasteiger partial charge in [0, 0.05) is 5.69 Å². The number of hydrogen-bond donors (Lipinski definition) is 1. The van der Waals surface area contributed by atoms with Crippen molar-refractivity contribution in [1.82, 2.24) is 5.06 Å². The fourth-order valence-corrected chi connectivity index (χ4v) is 2.16. The largest absolute Gasteiger partial charge is 0.497 e. The number of ether oxygens (including phenoxy) is 1. The van der Waals surface area contributed by atoms with Crippen molar-refractivity contribution in [3.63, 3.8) is 0 Å². The van der Waals surface area contributed by atoms with Crippen LogP contribution in [0, 0.1) is 13.8 Å². The molecule has 1 N–H and O–H groups in total. The summed E-state index contributed by atoms with van der Waals surface area (Å²) in [5.74, 6) is 1.45. The molecule has 5 heteroatoms. The monoisotopic (exact) mass is 314 g/mol. The Bertz CT molecular complexity index is 648. The number of hydroxylamine groups is 2. The molecule has 23 heavy (non-hydrogen) atoms. The Kier molecular flexibility index (Phi) is 5.46. The maximum absolute atomic E-state index is 12.4. The number of nitrogens with one attached hydrogen (secondary N) is 1. The Balaban J connectivity index is 2.09. The molecular weight excluding hydrogens is 292 g/mol. The Labute approximate surface area is 136 Å². The minimum Gasteiger partial charge on any atom is -0.497 e. The third-order valence-electron chi connectivity index (χ3n) is 3.47. The van der Waals surface area contributed by atoms with Gasteiger partial charge in [0.1, 0.15) is 5.75 Å². The maximum atomic E-state index is 12.4. The lowest BCUT2D eigenvalue weighted by molar-refractivity contribution is -0.00308. The Hall–Kier alpha value is -2.69. The van der Waals surface area contributed by atoms with Gasteiger partial charge in [0.2, 0.25) is 0 Å². The van der Waals surface area contributed by atoms with Crippen LogP contribution in [-0.4, -0.2) is 24.7 Å². The summed E-state index contributed by atoms with van der Waals surface area (Å²) >= 11 is 0. The van der Waals surface area contributed by atoms with Gasteiger partial charge in [-0.3, -0.25) is 0 Å². The van der Waals surface area contributed by atoms with Crippen LogP contribution in [0.1, 0.15) is 18.1 Å². The second kappa shape index (κ2) is 7.54. The average molecular weight is 314 g/mol. The van der Waals surface area contributed by atoms with E-state index in [2.05, 4.69) is 5.32 Å². The third kappa shape index (κ3) is 4.16. The molecule has 0 saturated heterocycles. The van der Waals surface area contributed by atoms with E-state index in [0.717, 1.165) is 16.9 Å². The van der Waals surface area contributed by atoms with Crippen molar-refractivity contribution in [3.8, 4) is 11.5 Å². The van der Waals surface area contributed by atoms with Crippen molar-refractivity contribution < 1.29 is 14.4 Å². The first kappa shape index (κ1) is 16.7. The summed E-state index contributed by atoms with van der Waals surface area (Å²) in [6, 6.07) is 12.7. The highest BCUT2D eigenvalue weighted by molar-refractivity contribution is 5.88. The van der Waals surface area contributed by atoms with Crippen LogP contribution in [-0.2, 0) is 0 Å². The molecule has 0 aliphatic carbocycles. The van der Waals surface area contributed by atoms with Gasteiger partial charge in [-0.25, -0.2) is 4.79 Å². The van der Waals surface area contributed by atoms with Gasteiger partial charge in [-0.05, 0) is 56.2 Å². The van der Waals surface area contributed by atoms with E-state index in [1.54, 1.807) is 31.4 Å². The molecule has 5 nitrogen and oxygen atoms in total. The molecule has 0 aromatic heterocycles. The van der Waals surface area contributed by atoms with Crippen LogP contribution in [0.2, 0.25) is 0 Å². The number of aryl methyl sites for hydroxylation is 2. The lowest BCUT2D eigenvalue weighted by Gasteiger charge is -2.23. The number of amides is 2. The highest BCUT2D eigenvalue weighted by Crippen LogP contribution is 2.23. The number of methoxy groups -OCH3 is 1. The van der Waals surface area contributed by atoms with E-state index in [0.29, 0.717) is 18.0 Å². The molecule has 0 atom stereocenters. The van der Waals surface area contributed by atoms with E-state index >= 15 is 0 Å². The molecule has 0 spiro atoms. The number of para-hydroxylation sites is 1. The summed E-state index contributed by atoms with van der Waals surface area (Å²) in [5, 5.41) is 4.11. The molecule has 2 rings (SSSR count). The van der Waals surface area contributed by atoms with E-state index in [4.69, 9.17) is 9.57 Å². The van der Waals surface area contributed by atoms with Gasteiger partial charge in [0.15, 0.2) is 5.75 Å². The highest BCUT2D eigenvalue weighted by Gasteiger charge is 2.16. The number of carbonyl (C=O) groups excluding carboxylic acids is 1. The smallest absolute Gasteiger partial charge is 0.354 e. The van der Waals surface area contributed by atoms with Gasteiger partial charge in [0.25, 0.3) is 0 Å². The predicted octanol–water partition coefficient (Wildman–Crippen LogP) is 4.16. The molecule has 0 unspecified atom stereocenters. The van der Waals surface area contributed by atoms with Crippen molar-refractivity contribution in [2.45, 2.75) is 20.8 Å². The topological polar surface area (TPSA) is 50.8 Å². The molecule has 0 aliphatic rings. The molecule has 0 saturated carbocycles. The number of nitrogens with zero attached hydrogens (tertiary/aromatic N) is 1. The van der Waals surface area contributed by atoms with E-state index in [9.17, 15) is 4.79 Å². The second-order valence-electron chi connectivity index (χ2n) is 5.17. The molecule has 0 aliphatic heterocycles. The lowest BCUT2D eigenvalue weighted by Crippen LogP contribution is -2.37. The molecule has 0 heterocycles. The molecule has 0 fully saturated rings. The van der Waals surface area contributed by atoms with Crippen LogP contribution in [0.3, 0.4) is 0 Å². The summed E-state index contributed by atoms with van der Waals surface area (Å²) in [7, 11) is 1.60. The summed E-state index contributed by atoms with van der Waals surface area (Å²) < 4.78 is 5.10. The molecule has 2 aromatic carbocycles. The number of urea groups is 1. The van der Waals surface area contributed by atoms with Crippen molar-refractivity contribution in [2.75, 3.05) is 19.0 Å². The SMILES string of the molecule is CCN(Oc1c(C)cccc1C)C(=O)Nc1ccc(OC)cc1.